The third-order valence-corrected chi connectivity index (χ3v) is 8.46. The molecule has 2 aromatic carbocycles. The summed E-state index contributed by atoms with van der Waals surface area (Å²) in [6, 6.07) is 18.9. The van der Waals surface area contributed by atoms with Gasteiger partial charge < -0.3 is 20.7 Å². The van der Waals surface area contributed by atoms with Gasteiger partial charge in [0.25, 0.3) is 0 Å². The zero-order chi connectivity index (χ0) is 26.6. The normalized spacial score (nSPS) is 22.7. The van der Waals surface area contributed by atoms with Crippen LogP contribution in [0.2, 0.25) is 0 Å². The van der Waals surface area contributed by atoms with Crippen molar-refractivity contribution in [1.29, 1.82) is 0 Å². The van der Waals surface area contributed by atoms with Gasteiger partial charge in [-0.3, -0.25) is 9.69 Å². The fourth-order valence-corrected chi connectivity index (χ4v) is 6.25. The van der Waals surface area contributed by atoms with E-state index in [4.69, 9.17) is 10.5 Å². The monoisotopic (exact) mass is 526 g/mol. The second kappa shape index (κ2) is 11.6. The van der Waals surface area contributed by atoms with E-state index in [1.54, 1.807) is 6.33 Å². The van der Waals surface area contributed by atoms with Gasteiger partial charge in [0, 0.05) is 30.6 Å². The Balaban J connectivity index is 1.07. The number of nitrogens with one attached hydrogen (secondary N) is 1. The first-order chi connectivity index (χ1) is 19.1. The topological polar surface area (TPSA) is 96.6 Å². The predicted octanol–water partition coefficient (Wildman–Crippen LogP) is 3.97. The molecule has 1 saturated carbocycles. The fraction of sp³-hybridized carbons (Fsp3) is 0.452. The van der Waals surface area contributed by atoms with Crippen molar-refractivity contribution in [3.05, 3.63) is 77.6 Å². The summed E-state index contributed by atoms with van der Waals surface area (Å²) >= 11 is 0. The van der Waals surface area contributed by atoms with Gasteiger partial charge in [-0.05, 0) is 68.0 Å². The Morgan fingerprint density at radius 1 is 1.03 bits per heavy atom. The molecule has 1 aliphatic carbocycles. The molecule has 2 fully saturated rings. The molecular formula is C31H38N6O2. The van der Waals surface area contributed by atoms with Crippen LogP contribution in [0.15, 0.2) is 60.9 Å². The van der Waals surface area contributed by atoms with Crippen molar-refractivity contribution in [2.45, 2.75) is 50.7 Å². The van der Waals surface area contributed by atoms with Gasteiger partial charge in [0.05, 0.1) is 6.54 Å². The van der Waals surface area contributed by atoms with E-state index < -0.39 is 0 Å². The lowest BCUT2D eigenvalue weighted by Crippen LogP contribution is -2.49. The lowest BCUT2D eigenvalue weighted by molar-refractivity contribution is -0.122. The van der Waals surface area contributed by atoms with Gasteiger partial charge in [0.15, 0.2) is 0 Å². The number of aromatic nitrogens is 2. The molecule has 204 valence electrons. The van der Waals surface area contributed by atoms with Crippen molar-refractivity contribution in [2.75, 3.05) is 43.4 Å². The summed E-state index contributed by atoms with van der Waals surface area (Å²) in [5.41, 5.74) is 9.73. The number of amides is 1. The molecule has 2 aliphatic heterocycles. The van der Waals surface area contributed by atoms with Crippen molar-refractivity contribution in [3.8, 4) is 5.75 Å². The molecule has 8 heteroatoms. The summed E-state index contributed by atoms with van der Waals surface area (Å²) in [4.78, 5) is 26.1. The van der Waals surface area contributed by atoms with Crippen molar-refractivity contribution in [1.82, 2.24) is 20.2 Å². The second-order valence-electron chi connectivity index (χ2n) is 11.2. The Labute approximate surface area is 230 Å². The molecule has 0 radical (unpaired) electrons. The molecule has 0 bridgehead atoms. The van der Waals surface area contributed by atoms with Gasteiger partial charge >= 0.3 is 0 Å². The van der Waals surface area contributed by atoms with Crippen LogP contribution in [0.4, 0.5) is 11.6 Å². The molecule has 3 aromatic rings. The van der Waals surface area contributed by atoms with Crippen LogP contribution in [0.1, 0.15) is 54.7 Å². The molecule has 1 unspecified atom stereocenters. The number of carbonyl (C=O) groups excluding carboxylic acids is 1. The standard InChI is InChI=1S/C31H38N6O2/c32-30-29-27(24-10-7-11-26(16-24)39-20-22-8-3-1-4-9-22)18-37(31(29)35-21-34-30)25-14-23(15-25)17-33-28(38)19-36-12-5-2-6-13-36/h1,3-4,7-11,16,21,23,25,27H,2,5-6,12-15,17-20H2,(H,33,38)(H2,32,34,35). The first-order valence-electron chi connectivity index (χ1n) is 14.3. The van der Waals surface area contributed by atoms with Crippen LogP contribution >= 0.6 is 0 Å². The number of nitrogens with zero attached hydrogens (tertiary/aromatic N) is 4. The summed E-state index contributed by atoms with van der Waals surface area (Å²) in [5.74, 6) is 3.07. The van der Waals surface area contributed by atoms with E-state index in [0.717, 1.165) is 67.3 Å². The van der Waals surface area contributed by atoms with Gasteiger partial charge in [0.2, 0.25) is 5.91 Å². The minimum Gasteiger partial charge on any atom is -0.489 e. The van der Waals surface area contributed by atoms with Crippen molar-refractivity contribution < 1.29 is 9.53 Å². The Morgan fingerprint density at radius 3 is 2.67 bits per heavy atom. The van der Waals surface area contributed by atoms with Crippen molar-refractivity contribution in [3.63, 3.8) is 0 Å². The Morgan fingerprint density at radius 2 is 1.85 bits per heavy atom. The van der Waals surface area contributed by atoms with E-state index >= 15 is 0 Å². The molecule has 1 amide bonds. The maximum absolute atomic E-state index is 12.4. The predicted molar refractivity (Wildman–Crippen MR) is 153 cm³/mol. The molecule has 0 spiro atoms. The van der Waals surface area contributed by atoms with Crippen LogP contribution in [0.3, 0.4) is 0 Å². The van der Waals surface area contributed by atoms with Crippen LogP contribution in [0.5, 0.6) is 5.75 Å². The Hall–Kier alpha value is -3.65. The molecule has 3 heterocycles. The smallest absolute Gasteiger partial charge is 0.234 e. The van der Waals surface area contributed by atoms with E-state index in [1.165, 1.54) is 19.3 Å². The highest BCUT2D eigenvalue weighted by Gasteiger charge is 2.42. The third-order valence-electron chi connectivity index (χ3n) is 8.46. The first-order valence-corrected chi connectivity index (χ1v) is 14.3. The second-order valence-corrected chi connectivity index (χ2v) is 11.2. The molecule has 6 rings (SSSR count). The first kappa shape index (κ1) is 25.6. The number of nitrogens with two attached hydrogens (primary N) is 1. The molecule has 1 atom stereocenters. The third kappa shape index (κ3) is 5.86. The number of hydrogen-bond acceptors (Lipinski definition) is 7. The van der Waals surface area contributed by atoms with E-state index in [1.807, 2.05) is 30.3 Å². The number of piperidine rings is 1. The number of nitrogen functional groups attached to an aromatic ring is 1. The number of benzene rings is 2. The number of fused-ring (bicyclic) bond motifs is 1. The summed E-state index contributed by atoms with van der Waals surface area (Å²) in [5, 5.41) is 3.18. The lowest BCUT2D eigenvalue weighted by Gasteiger charge is -2.42. The molecular weight excluding hydrogens is 488 g/mol. The highest BCUT2D eigenvalue weighted by molar-refractivity contribution is 5.78. The van der Waals surface area contributed by atoms with Crippen molar-refractivity contribution >= 4 is 17.5 Å². The quantitative estimate of drug-likeness (QED) is 0.436. The number of rotatable bonds is 9. The maximum atomic E-state index is 12.4. The number of likely N-dealkylation sites (tertiary alicyclic amines) is 1. The van der Waals surface area contributed by atoms with Gasteiger partial charge in [-0.15, -0.1) is 0 Å². The van der Waals surface area contributed by atoms with Crippen LogP contribution < -0.4 is 20.7 Å². The number of ether oxygens (including phenoxy) is 1. The molecule has 8 nitrogen and oxygen atoms in total. The SMILES string of the molecule is Nc1ncnc2c1C(c1cccc(OCc3ccccc3)c1)CN2C1CC(CNC(=O)CN2CCCCC2)C1. The van der Waals surface area contributed by atoms with Crippen LogP contribution in [0.25, 0.3) is 0 Å². The van der Waals surface area contributed by atoms with E-state index in [0.29, 0.717) is 30.9 Å². The molecule has 3 N–H and O–H groups in total. The minimum atomic E-state index is 0.0878. The molecule has 1 saturated heterocycles. The van der Waals surface area contributed by atoms with Gasteiger partial charge in [-0.25, -0.2) is 9.97 Å². The molecule has 1 aromatic heterocycles. The zero-order valence-corrected chi connectivity index (χ0v) is 22.5. The lowest BCUT2D eigenvalue weighted by atomic mass is 9.79. The van der Waals surface area contributed by atoms with E-state index in [-0.39, 0.29) is 11.8 Å². The summed E-state index contributed by atoms with van der Waals surface area (Å²) < 4.78 is 6.11. The van der Waals surface area contributed by atoms with Gasteiger partial charge in [0.1, 0.15) is 30.3 Å². The van der Waals surface area contributed by atoms with Crippen LogP contribution in [0, 0.1) is 5.92 Å². The summed E-state index contributed by atoms with van der Waals surface area (Å²) in [6.07, 6.45) is 7.34. The highest BCUT2D eigenvalue weighted by atomic mass is 16.5. The van der Waals surface area contributed by atoms with E-state index in [2.05, 4.69) is 49.4 Å². The summed E-state index contributed by atoms with van der Waals surface area (Å²) in [7, 11) is 0. The summed E-state index contributed by atoms with van der Waals surface area (Å²) in [6.45, 7) is 4.71. The zero-order valence-electron chi connectivity index (χ0n) is 22.5. The van der Waals surface area contributed by atoms with Crippen molar-refractivity contribution in [2.24, 2.45) is 5.92 Å². The molecule has 3 aliphatic rings. The average Bonchev–Trinajstić information content (AvgIpc) is 3.33. The van der Waals surface area contributed by atoms with Crippen LogP contribution in [-0.2, 0) is 11.4 Å². The number of carbonyl (C=O) groups is 1. The Kier molecular flexibility index (Phi) is 7.63. The average molecular weight is 527 g/mol. The minimum absolute atomic E-state index is 0.0878. The van der Waals surface area contributed by atoms with E-state index in [9.17, 15) is 4.79 Å². The maximum Gasteiger partial charge on any atom is 0.234 e. The number of hydrogen-bond donors (Lipinski definition) is 2. The largest absolute Gasteiger partial charge is 0.489 e. The Bertz CT molecular complexity index is 1270. The highest BCUT2D eigenvalue weighted by Crippen LogP contribution is 2.46. The van der Waals surface area contributed by atoms with Gasteiger partial charge in [-0.1, -0.05) is 48.9 Å². The number of anilines is 2. The van der Waals surface area contributed by atoms with Crippen LogP contribution in [-0.4, -0.2) is 59.5 Å². The fourth-order valence-electron chi connectivity index (χ4n) is 6.25. The van der Waals surface area contributed by atoms with Gasteiger partial charge in [-0.2, -0.15) is 0 Å². The molecule has 39 heavy (non-hydrogen) atoms.